The zero-order valence-corrected chi connectivity index (χ0v) is 43.0. The predicted octanol–water partition coefficient (Wildman–Crippen LogP) is 10.5. The molecule has 0 bridgehead atoms. The highest BCUT2D eigenvalue weighted by molar-refractivity contribution is 6.19. The number of amides is 1. The Kier molecular flexibility index (Phi) is 24.8. The van der Waals surface area contributed by atoms with Crippen LogP contribution < -0.4 is 20.3 Å². The third-order valence-electron chi connectivity index (χ3n) is 13.5. The number of aryl methyl sites for hydroxylation is 2. The molecule has 372 valence electrons. The lowest BCUT2D eigenvalue weighted by molar-refractivity contribution is -0.139. The first-order valence-electron chi connectivity index (χ1n) is 23.2. The van der Waals surface area contributed by atoms with Crippen molar-refractivity contribution in [3.63, 3.8) is 0 Å². The first-order chi connectivity index (χ1) is 32.2. The smallest absolute Gasteiger partial charge is 0.415 e. The Morgan fingerprint density at radius 2 is 1.27 bits per heavy atom. The molecule has 1 amide bonds. The van der Waals surface area contributed by atoms with E-state index in [1.165, 1.54) is 11.1 Å². The zero-order valence-electron chi connectivity index (χ0n) is 38.5. The molecular weight excluding hydrogens is 981 g/mol. The minimum atomic E-state index is -0.991. The predicted molar refractivity (Wildman–Crippen MR) is 276 cm³/mol. The Morgan fingerprint density at radius 3 is 1.78 bits per heavy atom. The molecule has 17 heteroatoms. The van der Waals surface area contributed by atoms with Crippen molar-refractivity contribution in [2.75, 3.05) is 84.3 Å². The number of ether oxygens (including phenoxy) is 1. The number of halogens is 6. The van der Waals surface area contributed by atoms with E-state index in [4.69, 9.17) is 90.3 Å². The average molecular weight is 1050 g/mol. The van der Waals surface area contributed by atoms with Crippen LogP contribution in [-0.2, 0) is 28.9 Å². The van der Waals surface area contributed by atoms with Crippen molar-refractivity contribution in [2.24, 2.45) is 23.0 Å². The van der Waals surface area contributed by atoms with Crippen LogP contribution in [0.2, 0.25) is 0 Å². The van der Waals surface area contributed by atoms with Gasteiger partial charge in [-0.3, -0.25) is 9.59 Å². The Hall–Kier alpha value is -2.87. The van der Waals surface area contributed by atoms with E-state index >= 15 is 0 Å². The Labute approximate surface area is 427 Å². The molecule has 0 saturated heterocycles. The van der Waals surface area contributed by atoms with E-state index in [0.29, 0.717) is 84.7 Å². The summed E-state index contributed by atoms with van der Waals surface area (Å²) in [5, 5.41) is 27.9. The minimum Gasteiger partial charge on any atom is -0.481 e. The van der Waals surface area contributed by atoms with E-state index in [9.17, 15) is 19.5 Å². The highest BCUT2D eigenvalue weighted by Gasteiger charge is 2.54. The maximum atomic E-state index is 12.4. The van der Waals surface area contributed by atoms with Crippen LogP contribution in [0.1, 0.15) is 80.0 Å². The topological polar surface area (TPSA) is 157 Å². The summed E-state index contributed by atoms with van der Waals surface area (Å²) >= 11 is 34.6. The van der Waals surface area contributed by atoms with Crippen LogP contribution in [0.5, 0.6) is 5.75 Å². The maximum absolute atomic E-state index is 12.4. The molecule has 3 aromatic carbocycles. The van der Waals surface area contributed by atoms with Gasteiger partial charge in [0.25, 0.3) is 0 Å². The van der Waals surface area contributed by atoms with Crippen molar-refractivity contribution in [2.45, 2.75) is 89.2 Å². The molecule has 0 radical (unpaired) electrons. The van der Waals surface area contributed by atoms with Gasteiger partial charge < -0.3 is 40.5 Å². The molecule has 3 aliphatic carbocycles. The number of benzene rings is 3. The van der Waals surface area contributed by atoms with Gasteiger partial charge in [0.2, 0.25) is 0 Å². The monoisotopic (exact) mass is 1050 g/mol. The van der Waals surface area contributed by atoms with E-state index in [2.05, 4.69) is 22.8 Å². The van der Waals surface area contributed by atoms with E-state index in [1.54, 1.807) is 4.90 Å². The number of nitrogens with zero attached hydrogens (tertiary/aromatic N) is 3. The number of anilines is 2. The fourth-order valence-corrected chi connectivity index (χ4v) is 11.1. The first-order valence-corrected chi connectivity index (χ1v) is 26.4. The van der Waals surface area contributed by atoms with E-state index in [0.717, 1.165) is 93.6 Å². The summed E-state index contributed by atoms with van der Waals surface area (Å²) in [7, 11) is 0. The van der Waals surface area contributed by atoms with Crippen molar-refractivity contribution in [3.05, 3.63) is 89.0 Å². The Morgan fingerprint density at radius 1 is 0.731 bits per heavy atom. The SMILES string of the molecule is C[C@]12CC[C@@H]3c4ccc(OC(=O)N(CCCl)CCCl)cc4CC[C@H]3[C@@H]1CC[C@@H]2O.N[C@@H](Cc1ccc(N(CCCl)CCCl)cc1)C(=O)O.O=C(O)CCCc1ccc(N(CCCl)CCCl)cc1. The summed E-state index contributed by atoms with van der Waals surface area (Å²) in [6, 6.07) is 21.0. The number of rotatable bonds is 22. The summed E-state index contributed by atoms with van der Waals surface area (Å²) in [5.74, 6) is 3.62. The molecular formula is C50H68Cl6N4O7. The standard InChI is InChI=1S/C23H31Cl2NO3.C14H19Cl2NO2.C13H18Cl2N2O2/c1-23-9-8-18-17-5-3-16(29-22(28)26(12-10-24)13-11-25)14-15(17)2-4-19(18)20(23)6-7-21(23)27;15-8-10-17(11-9-16)13-6-4-12(5-7-13)2-1-3-14(18)19;14-5-7-17(8-6-15)11-3-1-10(2-4-11)9-12(16)13(18)19/h3,5,14,18-21,27H,2,4,6-13H2,1H3;4-7H,1-3,8-11H2,(H,18,19);1-4,12H,5-9,16H2,(H,18,19)/t18-,19-,20+,21+,23+;;12-/m1.0/s1. The molecule has 3 aliphatic rings. The van der Waals surface area contributed by atoms with Gasteiger partial charge in [0.15, 0.2) is 0 Å². The van der Waals surface area contributed by atoms with Gasteiger partial charge in [-0.05, 0) is 140 Å². The number of carboxylic acids is 2. The van der Waals surface area contributed by atoms with Crippen LogP contribution >= 0.6 is 69.6 Å². The van der Waals surface area contributed by atoms with Gasteiger partial charge in [-0.1, -0.05) is 37.3 Å². The van der Waals surface area contributed by atoms with Crippen molar-refractivity contribution in [3.8, 4) is 5.75 Å². The van der Waals surface area contributed by atoms with Crippen LogP contribution in [0.25, 0.3) is 0 Å². The number of fused-ring (bicyclic) bond motifs is 5. The van der Waals surface area contributed by atoms with Gasteiger partial charge in [0.05, 0.1) is 6.10 Å². The van der Waals surface area contributed by atoms with E-state index < -0.39 is 24.1 Å². The second-order valence-corrected chi connectivity index (χ2v) is 19.9. The number of alkyl halides is 6. The molecule has 0 aliphatic heterocycles. The van der Waals surface area contributed by atoms with Gasteiger partial charge in [-0.2, -0.15) is 0 Å². The van der Waals surface area contributed by atoms with Crippen molar-refractivity contribution in [1.82, 2.24) is 4.90 Å². The molecule has 6 rings (SSSR count). The lowest BCUT2D eigenvalue weighted by Gasteiger charge is -2.50. The molecule has 2 saturated carbocycles. The number of aliphatic hydroxyl groups excluding tert-OH is 1. The van der Waals surface area contributed by atoms with Gasteiger partial charge >= 0.3 is 18.0 Å². The van der Waals surface area contributed by atoms with E-state index in [-0.39, 0.29) is 17.9 Å². The second kappa shape index (κ2) is 29.3. The van der Waals surface area contributed by atoms with Crippen LogP contribution in [0, 0.1) is 17.3 Å². The molecule has 6 atom stereocenters. The summed E-state index contributed by atoms with van der Waals surface area (Å²) in [4.78, 5) is 39.3. The summed E-state index contributed by atoms with van der Waals surface area (Å²) in [6.07, 6.45) is 7.97. The first kappa shape index (κ1) is 56.7. The maximum Gasteiger partial charge on any atom is 0.415 e. The lowest BCUT2D eigenvalue weighted by Crippen LogP contribution is -2.43. The quantitative estimate of drug-likeness (QED) is 0.0715. The van der Waals surface area contributed by atoms with Crippen LogP contribution in [0.3, 0.4) is 0 Å². The summed E-state index contributed by atoms with van der Waals surface area (Å²) < 4.78 is 5.62. The average Bonchev–Trinajstić information content (AvgIpc) is 3.62. The van der Waals surface area contributed by atoms with Crippen LogP contribution in [0.15, 0.2) is 66.7 Å². The normalized spacial score (nSPS) is 20.6. The molecule has 5 N–H and O–H groups in total. The highest BCUT2D eigenvalue weighted by atomic mass is 35.5. The largest absolute Gasteiger partial charge is 0.481 e. The van der Waals surface area contributed by atoms with Crippen molar-refractivity contribution >= 4 is 99.0 Å². The molecule has 0 heterocycles. The fourth-order valence-electron chi connectivity index (χ4n) is 9.91. The molecule has 67 heavy (non-hydrogen) atoms. The number of hydrogen-bond donors (Lipinski definition) is 4. The number of hydrogen-bond acceptors (Lipinski definition) is 8. The Bertz CT molecular complexity index is 1950. The second-order valence-electron chi connectivity index (χ2n) is 17.6. The van der Waals surface area contributed by atoms with Crippen LogP contribution in [0.4, 0.5) is 16.2 Å². The van der Waals surface area contributed by atoms with Gasteiger partial charge in [0.1, 0.15) is 11.8 Å². The number of carbonyl (C=O) groups excluding carboxylic acids is 1. The molecule has 0 aromatic heterocycles. The third-order valence-corrected chi connectivity index (χ3v) is 14.5. The number of carbonyl (C=O) groups is 3. The third kappa shape index (κ3) is 16.9. The Balaban J connectivity index is 0.000000229. The van der Waals surface area contributed by atoms with Crippen molar-refractivity contribution in [1.29, 1.82) is 0 Å². The molecule has 3 aromatic rings. The lowest BCUT2D eigenvalue weighted by atomic mass is 9.55. The van der Waals surface area contributed by atoms with E-state index in [1.807, 2.05) is 60.7 Å². The summed E-state index contributed by atoms with van der Waals surface area (Å²) in [6.45, 7) is 6.14. The highest BCUT2D eigenvalue weighted by Crippen LogP contribution is 2.61. The number of aliphatic carboxylic acids is 2. The molecule has 11 nitrogen and oxygen atoms in total. The molecule has 0 unspecified atom stereocenters. The van der Waals surface area contributed by atoms with Crippen LogP contribution in [-0.4, -0.2) is 125 Å². The van der Waals surface area contributed by atoms with Gasteiger partial charge in [-0.15, -0.1) is 69.6 Å². The van der Waals surface area contributed by atoms with Gasteiger partial charge in [0, 0.05) is 92.3 Å². The van der Waals surface area contributed by atoms with Crippen molar-refractivity contribution < 1.29 is 34.4 Å². The minimum absolute atomic E-state index is 0.0996. The number of aliphatic hydroxyl groups is 1. The number of nitrogens with two attached hydrogens (primary N) is 1. The number of carboxylic acid groups (broad SMARTS) is 2. The summed E-state index contributed by atoms with van der Waals surface area (Å²) in [5.41, 5.74) is 12.5. The zero-order chi connectivity index (χ0) is 48.9. The molecule has 0 spiro atoms. The fraction of sp³-hybridized carbons (Fsp3) is 0.580. The van der Waals surface area contributed by atoms with Gasteiger partial charge in [-0.25, -0.2) is 4.79 Å². The molecule has 2 fully saturated rings.